The lowest BCUT2D eigenvalue weighted by Crippen LogP contribution is -2.62. The van der Waals surface area contributed by atoms with E-state index in [0.717, 1.165) is 94.9 Å². The number of hydrogen-bond donors (Lipinski definition) is 0. The van der Waals surface area contributed by atoms with Crippen molar-refractivity contribution in [1.82, 2.24) is 0 Å². The molecule has 5 heterocycles. The summed E-state index contributed by atoms with van der Waals surface area (Å²) in [7, 11) is 0. The van der Waals surface area contributed by atoms with E-state index in [1.807, 2.05) is 40.2 Å². The first-order valence-electron chi connectivity index (χ1n) is 18.0. The summed E-state index contributed by atoms with van der Waals surface area (Å²) in [6.07, 6.45) is 6.05. The van der Waals surface area contributed by atoms with Gasteiger partial charge in [0.2, 0.25) is 0 Å². The third-order valence-electron chi connectivity index (χ3n) is 12.0. The number of aryl methyl sites for hydroxylation is 2. The quantitative estimate of drug-likeness (QED) is 0.144. The van der Waals surface area contributed by atoms with Crippen molar-refractivity contribution < 1.29 is 14.3 Å². The van der Waals surface area contributed by atoms with E-state index in [1.165, 1.54) is 16.7 Å². The number of carbonyl (C=O) groups is 1. The highest BCUT2D eigenvalue weighted by Gasteiger charge is 2.53. The highest BCUT2D eigenvalue weighted by molar-refractivity contribution is 7.03. The van der Waals surface area contributed by atoms with Gasteiger partial charge in [0.1, 0.15) is 23.0 Å². The first kappa shape index (κ1) is 29.6. The zero-order valence-electron chi connectivity index (χ0n) is 29.6. The average molecular weight is 670 g/mol. The number of para-hydroxylation sites is 2. The molecule has 1 aliphatic carbocycles. The van der Waals surface area contributed by atoms with Crippen molar-refractivity contribution in [2.24, 2.45) is 5.92 Å². The number of urea groups is 1. The topological polar surface area (TPSA) is 42.0 Å². The molecule has 5 aliphatic heterocycles. The van der Waals surface area contributed by atoms with Crippen LogP contribution in [0.1, 0.15) is 37.5 Å². The monoisotopic (exact) mass is 670 g/mol. The molecule has 0 spiro atoms. The Morgan fingerprint density at radius 3 is 1.96 bits per heavy atom. The van der Waals surface area contributed by atoms with Gasteiger partial charge in [-0.25, -0.2) is 4.79 Å². The van der Waals surface area contributed by atoms with E-state index in [1.54, 1.807) is 0 Å². The molecule has 0 aromatic heterocycles. The van der Waals surface area contributed by atoms with Gasteiger partial charge in [-0.05, 0) is 114 Å². The average Bonchev–Trinajstić information content (AvgIpc) is 3.35. The maximum Gasteiger partial charge on any atom is 0.337 e. The number of hydrogen-bond acceptors (Lipinski definition) is 3. The fourth-order valence-corrected chi connectivity index (χ4v) is 9.93. The summed E-state index contributed by atoms with van der Waals surface area (Å²) in [4.78, 5) is 19.6. The minimum atomic E-state index is -0.182. The number of anilines is 2. The molecule has 6 aliphatic rings. The highest BCUT2D eigenvalue weighted by Crippen LogP contribution is 2.53. The molecule has 1 unspecified atom stereocenters. The smallest absolute Gasteiger partial charge is 0.337 e. The number of allylic oxidation sites excluding steroid dienone is 7. The van der Waals surface area contributed by atoms with Crippen molar-refractivity contribution in [3.05, 3.63) is 136 Å². The van der Waals surface area contributed by atoms with Crippen LogP contribution in [0.5, 0.6) is 23.0 Å². The Morgan fingerprint density at radius 2 is 1.29 bits per heavy atom. The van der Waals surface area contributed by atoms with Gasteiger partial charge >= 0.3 is 6.03 Å². The van der Waals surface area contributed by atoms with Crippen LogP contribution in [0.25, 0.3) is 16.2 Å². The van der Waals surface area contributed by atoms with Gasteiger partial charge in [0.15, 0.2) is 0 Å². The molecular weight excluding hydrogens is 638 g/mol. The van der Waals surface area contributed by atoms with E-state index < -0.39 is 0 Å². The molecule has 0 N–H and O–H groups in total. The van der Waals surface area contributed by atoms with Crippen molar-refractivity contribution in [2.75, 3.05) is 9.80 Å². The van der Waals surface area contributed by atoms with Crippen LogP contribution in [0.2, 0.25) is 0 Å². The molecular formula is C45H32B2N2O3. The molecule has 0 saturated heterocycles. The van der Waals surface area contributed by atoms with E-state index in [9.17, 15) is 0 Å². The Balaban J connectivity index is 1.30. The van der Waals surface area contributed by atoms with Crippen LogP contribution in [0.3, 0.4) is 0 Å². The summed E-state index contributed by atoms with van der Waals surface area (Å²) in [6.45, 7) is 10.5. The van der Waals surface area contributed by atoms with Gasteiger partial charge in [-0.2, -0.15) is 0 Å². The van der Waals surface area contributed by atoms with Gasteiger partial charge in [0.25, 0.3) is 13.4 Å². The molecule has 1 atom stereocenters. The lowest BCUT2D eigenvalue weighted by molar-refractivity contribution is 0.254. The second-order valence-electron chi connectivity index (χ2n) is 14.8. The van der Waals surface area contributed by atoms with Crippen LogP contribution in [0, 0.1) is 31.6 Å². The molecule has 246 valence electrons. The van der Waals surface area contributed by atoms with Crippen LogP contribution in [0.15, 0.2) is 120 Å². The van der Waals surface area contributed by atoms with Crippen LogP contribution < -0.4 is 41.1 Å². The van der Waals surface area contributed by atoms with E-state index in [2.05, 4.69) is 113 Å². The van der Waals surface area contributed by atoms with Gasteiger partial charge in [-0.15, -0.1) is 0 Å². The Bertz CT molecular complexity index is 2740. The second-order valence-corrected chi connectivity index (χ2v) is 14.8. The van der Waals surface area contributed by atoms with Crippen LogP contribution >= 0.6 is 0 Å². The number of nitrogens with zero attached hydrogens (tertiary/aromatic N) is 2. The Hall–Kier alpha value is -6.12. The fourth-order valence-electron chi connectivity index (χ4n) is 9.93. The lowest BCUT2D eigenvalue weighted by atomic mass is 9.31. The largest absolute Gasteiger partial charge is 0.458 e. The SMILES string of the molecule is CC1=CC=CC#CC1C1=C(C)N2C(=O)N3C(C)=C(c4c(C)cccc4C)B4c5ccccc5Oc5cc6cc7c(c2c6c3c54)B1c1ccccc1O7. The number of fused-ring (bicyclic) bond motifs is 4. The molecule has 0 bridgehead atoms. The molecule has 5 aromatic rings. The molecule has 52 heavy (non-hydrogen) atoms. The third-order valence-corrected chi connectivity index (χ3v) is 12.0. The van der Waals surface area contributed by atoms with E-state index >= 15 is 4.79 Å². The second kappa shape index (κ2) is 10.2. The molecule has 11 rings (SSSR count). The molecule has 0 radical (unpaired) electrons. The minimum Gasteiger partial charge on any atom is -0.458 e. The van der Waals surface area contributed by atoms with Crippen molar-refractivity contribution >= 4 is 68.9 Å². The maximum atomic E-state index is 15.7. The molecule has 5 aromatic carbocycles. The van der Waals surface area contributed by atoms with Gasteiger partial charge < -0.3 is 9.47 Å². The predicted octanol–water partition coefficient (Wildman–Crippen LogP) is 7.58. The number of amides is 2. The van der Waals surface area contributed by atoms with Gasteiger partial charge in [0.05, 0.1) is 17.3 Å². The summed E-state index contributed by atoms with van der Waals surface area (Å²) in [5.41, 5.74) is 14.9. The Morgan fingerprint density at radius 1 is 0.692 bits per heavy atom. The summed E-state index contributed by atoms with van der Waals surface area (Å²) in [6, 6.07) is 27.4. The van der Waals surface area contributed by atoms with E-state index in [4.69, 9.17) is 9.47 Å². The Labute approximate surface area is 303 Å². The van der Waals surface area contributed by atoms with Crippen molar-refractivity contribution in [3.8, 4) is 34.8 Å². The van der Waals surface area contributed by atoms with E-state index in [0.29, 0.717) is 0 Å². The molecule has 2 amide bonds. The number of benzene rings is 5. The molecule has 0 saturated carbocycles. The minimum absolute atomic E-state index is 0.0946. The van der Waals surface area contributed by atoms with Gasteiger partial charge in [0, 0.05) is 16.8 Å². The summed E-state index contributed by atoms with van der Waals surface area (Å²) >= 11 is 0. The fraction of sp³-hybridized carbons (Fsp3) is 0.133. The number of carbonyl (C=O) groups excluding carboxylic acids is 1. The Kier molecular flexibility index (Phi) is 5.83. The zero-order valence-corrected chi connectivity index (χ0v) is 29.6. The van der Waals surface area contributed by atoms with Crippen molar-refractivity contribution in [2.45, 2.75) is 34.6 Å². The van der Waals surface area contributed by atoms with Crippen molar-refractivity contribution in [1.29, 1.82) is 0 Å². The third kappa shape index (κ3) is 3.59. The van der Waals surface area contributed by atoms with Crippen LogP contribution in [-0.4, -0.2) is 19.5 Å². The van der Waals surface area contributed by atoms with Gasteiger partial charge in [-0.3, -0.25) is 9.80 Å². The lowest BCUT2D eigenvalue weighted by Gasteiger charge is -2.49. The molecule has 5 nitrogen and oxygen atoms in total. The molecule has 7 heteroatoms. The number of ether oxygens (including phenoxy) is 2. The highest BCUT2D eigenvalue weighted by atomic mass is 16.5. The van der Waals surface area contributed by atoms with Crippen molar-refractivity contribution in [3.63, 3.8) is 0 Å². The first-order valence-corrected chi connectivity index (χ1v) is 18.0. The van der Waals surface area contributed by atoms with Gasteiger partial charge in [-0.1, -0.05) is 89.6 Å². The first-order chi connectivity index (χ1) is 25.3. The van der Waals surface area contributed by atoms with Crippen LogP contribution in [-0.2, 0) is 0 Å². The standard InChI is InChI=1S/C45H32B2N2O3/c1-24-14-7-6-8-17-30(24)39-27(4)48-43-38-29(22-35-41(43)46(39)31-18-9-11-20-33(31)51-35)23-36-42-44(38)49(45(48)50)28(5)40(37-25(2)15-13-16-26(37)3)47(42)32-19-10-12-21-34(32)52-36/h6-7,9-16,18-23,30H,1-5H3. The summed E-state index contributed by atoms with van der Waals surface area (Å²) < 4.78 is 13.6. The zero-order chi connectivity index (χ0) is 35.2. The summed E-state index contributed by atoms with van der Waals surface area (Å²) in [5.74, 6) is 9.88. The maximum absolute atomic E-state index is 15.7. The summed E-state index contributed by atoms with van der Waals surface area (Å²) in [5, 5.41) is 2.03. The number of rotatable bonds is 2. The van der Waals surface area contributed by atoms with E-state index in [-0.39, 0.29) is 25.4 Å². The predicted molar refractivity (Wildman–Crippen MR) is 213 cm³/mol. The molecule has 0 fully saturated rings. The normalized spacial score (nSPS) is 18.4. The van der Waals surface area contributed by atoms with Crippen LogP contribution in [0.4, 0.5) is 16.2 Å².